The molecule has 0 heterocycles. The Kier molecular flexibility index (Phi) is 2.67. The summed E-state index contributed by atoms with van der Waals surface area (Å²) in [7, 11) is 0. The van der Waals surface area contributed by atoms with Crippen molar-refractivity contribution in [1.82, 2.24) is 0 Å². The predicted molar refractivity (Wildman–Crippen MR) is 46.8 cm³/mol. The summed E-state index contributed by atoms with van der Waals surface area (Å²) >= 11 is 0. The molecule has 4 N–H and O–H groups in total. The van der Waals surface area contributed by atoms with Crippen LogP contribution in [-0.4, -0.2) is 5.91 Å². The normalized spacial score (nSPS) is 9.00. The lowest BCUT2D eigenvalue weighted by molar-refractivity contribution is -0.112. The molecule has 0 saturated carbocycles. The van der Waals surface area contributed by atoms with Gasteiger partial charge in [0.15, 0.2) is 0 Å². The fourth-order valence-corrected chi connectivity index (χ4v) is 0.790. The van der Waals surface area contributed by atoms with Gasteiger partial charge in [-0.3, -0.25) is 4.79 Å². The minimum atomic E-state index is -0.896. The number of hydrogen-bond acceptors (Lipinski definition) is 2. The van der Waals surface area contributed by atoms with Crippen molar-refractivity contribution in [1.29, 1.82) is 0 Å². The summed E-state index contributed by atoms with van der Waals surface area (Å²) < 4.78 is 25.6. The maximum atomic E-state index is 12.9. The van der Waals surface area contributed by atoms with Crippen molar-refractivity contribution in [2.24, 2.45) is 5.73 Å². The van der Waals surface area contributed by atoms with Crippen molar-refractivity contribution >= 4 is 11.6 Å². The Hall–Kier alpha value is -2.09. The SMILES string of the molecule is NC(=O)C#Cc1cc(N)c(F)cc1F. The molecule has 3 nitrogen and oxygen atoms in total. The van der Waals surface area contributed by atoms with Gasteiger partial charge in [0.2, 0.25) is 0 Å². The minimum absolute atomic E-state index is 0.164. The van der Waals surface area contributed by atoms with Crippen molar-refractivity contribution in [2.75, 3.05) is 5.73 Å². The molecule has 0 bridgehead atoms. The second-order valence-electron chi connectivity index (χ2n) is 2.47. The number of hydrogen-bond donors (Lipinski definition) is 2. The number of nitrogens with two attached hydrogens (primary N) is 2. The third kappa shape index (κ3) is 2.20. The van der Waals surface area contributed by atoms with Gasteiger partial charge in [0.25, 0.3) is 5.91 Å². The molecule has 14 heavy (non-hydrogen) atoms. The van der Waals surface area contributed by atoms with Crippen LogP contribution >= 0.6 is 0 Å². The summed E-state index contributed by atoms with van der Waals surface area (Å²) in [5.41, 5.74) is 9.49. The molecule has 0 aliphatic rings. The van der Waals surface area contributed by atoms with Crippen molar-refractivity contribution in [3.05, 3.63) is 29.3 Å². The highest BCUT2D eigenvalue weighted by Gasteiger charge is 2.05. The predicted octanol–water partition coefficient (Wildman–Crippen LogP) is 0.384. The van der Waals surface area contributed by atoms with Crippen LogP contribution < -0.4 is 11.5 Å². The van der Waals surface area contributed by atoms with E-state index in [0.29, 0.717) is 6.07 Å². The van der Waals surface area contributed by atoms with E-state index < -0.39 is 17.5 Å². The summed E-state index contributed by atoms with van der Waals surface area (Å²) in [5, 5.41) is 0. The lowest BCUT2D eigenvalue weighted by atomic mass is 10.2. The molecule has 0 saturated heterocycles. The van der Waals surface area contributed by atoms with Gasteiger partial charge in [-0.05, 0) is 6.07 Å². The summed E-state index contributed by atoms with van der Waals surface area (Å²) in [6.45, 7) is 0. The molecule has 0 aromatic heterocycles. The molecule has 1 amide bonds. The van der Waals surface area contributed by atoms with Gasteiger partial charge in [-0.15, -0.1) is 0 Å². The number of halogens is 2. The summed E-state index contributed by atoms with van der Waals surface area (Å²) in [6, 6.07) is 1.60. The number of nitrogen functional groups attached to an aromatic ring is 1. The third-order valence-electron chi connectivity index (χ3n) is 1.41. The Bertz CT molecular complexity index is 446. The molecule has 1 rings (SSSR count). The van der Waals surface area contributed by atoms with Crippen LogP contribution in [0.2, 0.25) is 0 Å². The van der Waals surface area contributed by atoms with Crippen LogP contribution in [0.4, 0.5) is 14.5 Å². The van der Waals surface area contributed by atoms with Gasteiger partial charge in [-0.1, -0.05) is 5.92 Å². The molecule has 72 valence electrons. The first-order chi connectivity index (χ1) is 6.50. The van der Waals surface area contributed by atoms with Crippen LogP contribution in [0.25, 0.3) is 0 Å². The van der Waals surface area contributed by atoms with Gasteiger partial charge in [0, 0.05) is 12.0 Å². The van der Waals surface area contributed by atoms with E-state index in [0.717, 1.165) is 6.07 Å². The molecule has 5 heteroatoms. The molecule has 1 aromatic rings. The summed E-state index contributed by atoms with van der Waals surface area (Å²) in [6.07, 6.45) is 0. The molecule has 0 spiro atoms. The Labute approximate surface area is 78.7 Å². The molecular formula is C9H6F2N2O. The monoisotopic (exact) mass is 196 g/mol. The second kappa shape index (κ2) is 3.75. The van der Waals surface area contributed by atoms with E-state index in [2.05, 4.69) is 5.92 Å². The molecule has 0 aliphatic heterocycles. The standard InChI is InChI=1S/C9H6F2N2O/c10-6-4-7(11)8(12)3-5(6)1-2-9(13)14/h3-4H,12H2,(H2,13,14). The average Bonchev–Trinajstić information content (AvgIpc) is 2.09. The van der Waals surface area contributed by atoms with Crippen molar-refractivity contribution < 1.29 is 13.6 Å². The van der Waals surface area contributed by atoms with Crippen molar-refractivity contribution in [2.45, 2.75) is 0 Å². The zero-order chi connectivity index (χ0) is 10.7. The van der Waals surface area contributed by atoms with E-state index in [9.17, 15) is 13.6 Å². The van der Waals surface area contributed by atoms with Crippen molar-refractivity contribution in [3.8, 4) is 11.8 Å². The first-order valence-electron chi connectivity index (χ1n) is 3.56. The number of carbonyl (C=O) groups excluding carboxylic acids is 1. The molecule has 0 fully saturated rings. The number of carbonyl (C=O) groups is 1. The number of primary amides is 1. The van der Waals surface area contributed by atoms with Crippen LogP contribution in [0, 0.1) is 23.5 Å². The Morgan fingerprint density at radius 2 is 1.93 bits per heavy atom. The van der Waals surface area contributed by atoms with Gasteiger partial charge in [-0.25, -0.2) is 8.78 Å². The molecule has 0 atom stereocenters. The first kappa shape index (κ1) is 9.99. The lowest BCUT2D eigenvalue weighted by Gasteiger charge is -1.98. The zero-order valence-corrected chi connectivity index (χ0v) is 6.97. The molecule has 0 unspecified atom stereocenters. The Morgan fingerprint density at radius 1 is 1.29 bits per heavy atom. The van der Waals surface area contributed by atoms with Gasteiger partial charge < -0.3 is 11.5 Å². The summed E-state index contributed by atoms with van der Waals surface area (Å²) in [5.74, 6) is 1.41. The Balaban J connectivity index is 3.18. The topological polar surface area (TPSA) is 69.1 Å². The van der Waals surface area contributed by atoms with E-state index in [1.54, 1.807) is 0 Å². The van der Waals surface area contributed by atoms with Crippen molar-refractivity contribution in [3.63, 3.8) is 0 Å². The quantitative estimate of drug-likeness (QED) is 0.465. The maximum absolute atomic E-state index is 12.9. The minimum Gasteiger partial charge on any atom is -0.396 e. The van der Waals surface area contributed by atoms with Crippen LogP contribution in [0.15, 0.2) is 12.1 Å². The van der Waals surface area contributed by atoms with Crippen LogP contribution in [0.5, 0.6) is 0 Å². The molecular weight excluding hydrogens is 190 g/mol. The lowest BCUT2D eigenvalue weighted by Crippen LogP contribution is -2.06. The van der Waals surface area contributed by atoms with E-state index in [4.69, 9.17) is 11.5 Å². The highest BCUT2D eigenvalue weighted by Crippen LogP contribution is 2.15. The van der Waals surface area contributed by atoms with Crippen LogP contribution in [0.3, 0.4) is 0 Å². The molecule has 0 radical (unpaired) electrons. The third-order valence-corrected chi connectivity index (χ3v) is 1.41. The maximum Gasteiger partial charge on any atom is 0.293 e. The average molecular weight is 196 g/mol. The number of amides is 1. The van der Waals surface area contributed by atoms with Crippen LogP contribution in [-0.2, 0) is 4.79 Å². The fraction of sp³-hybridized carbons (Fsp3) is 0. The molecule has 0 aliphatic carbocycles. The van der Waals surface area contributed by atoms with E-state index >= 15 is 0 Å². The highest BCUT2D eigenvalue weighted by atomic mass is 19.1. The highest BCUT2D eigenvalue weighted by molar-refractivity contribution is 5.92. The number of benzene rings is 1. The van der Waals surface area contributed by atoms with Gasteiger partial charge in [0.1, 0.15) is 11.6 Å². The number of anilines is 1. The smallest absolute Gasteiger partial charge is 0.293 e. The molecule has 1 aromatic carbocycles. The zero-order valence-electron chi connectivity index (χ0n) is 6.97. The second-order valence-corrected chi connectivity index (χ2v) is 2.47. The van der Waals surface area contributed by atoms with E-state index in [1.165, 1.54) is 0 Å². The van der Waals surface area contributed by atoms with Crippen LogP contribution in [0.1, 0.15) is 5.56 Å². The van der Waals surface area contributed by atoms with E-state index in [-0.39, 0.29) is 11.3 Å². The van der Waals surface area contributed by atoms with E-state index in [1.807, 2.05) is 5.92 Å². The van der Waals surface area contributed by atoms with Gasteiger partial charge in [0.05, 0.1) is 11.3 Å². The first-order valence-corrected chi connectivity index (χ1v) is 3.56. The van der Waals surface area contributed by atoms with Gasteiger partial charge in [-0.2, -0.15) is 0 Å². The largest absolute Gasteiger partial charge is 0.396 e. The summed E-state index contributed by atoms with van der Waals surface area (Å²) in [4.78, 5) is 10.3. The van der Waals surface area contributed by atoms with Gasteiger partial charge >= 0.3 is 0 Å². The number of rotatable bonds is 0. The fourth-order valence-electron chi connectivity index (χ4n) is 0.790. The Morgan fingerprint density at radius 3 is 2.50 bits per heavy atom.